The molecule has 1 saturated carbocycles. The van der Waals surface area contributed by atoms with Crippen molar-refractivity contribution >= 4 is 42.1 Å². The van der Waals surface area contributed by atoms with Crippen molar-refractivity contribution in [3.05, 3.63) is 51.8 Å². The second kappa shape index (κ2) is 24.0. The van der Waals surface area contributed by atoms with Crippen LogP contribution < -0.4 is 21.3 Å². The summed E-state index contributed by atoms with van der Waals surface area (Å²) >= 11 is 0. The standard InChI is InChI=1S/C51H79N7O20/c1-46(2,3)75-42(63)54-30-20-19-29(22-52-41(62)71-23-27-15-17-28(18-16-27)58(69)70)73-36(30)33-31(55-43(64)76-47(4,5)6)21-32(53-40(61)51(68)24-57(25-51)45(66)78-49(10,11)12)37(34(33)59)74-39-35(60)38(50(13,67)26-72-39)56(14)44(65)77-48(7,8)9/h15-19,30-39,59-60,67-68H,20-26H2,1-14H3,(H,52,62)(H,53,61)(H,54,63)(H,55,64)/t30-,31+,32-,33?,34+,35-,36+,37+,38-,39-,50+/m1/s1. The lowest BCUT2D eigenvalue weighted by Crippen LogP contribution is -2.74. The van der Waals surface area contributed by atoms with E-state index in [1.54, 1.807) is 89.2 Å². The van der Waals surface area contributed by atoms with Crippen molar-refractivity contribution in [1.29, 1.82) is 0 Å². The summed E-state index contributed by atoms with van der Waals surface area (Å²) in [4.78, 5) is 93.6. The van der Waals surface area contributed by atoms with Crippen molar-refractivity contribution in [3.63, 3.8) is 0 Å². The SMILES string of the molecule is CN(C(=O)OC(C)(C)C)[C@@H]1[C@@H](O)[C@@H](O[C@H]2[C@H](NC(=O)C3(O)CN(C(=O)OC(C)(C)C)C3)C[C@H](NC(=O)OC(C)(C)C)C([C@H]3OC(CNC(=O)OCc4ccc([N+](=O)[O-])cc4)=CC[C@H]3NC(=O)OC(C)(C)C)[C@@H]2O)OC[C@]1(C)O. The Hall–Kier alpha value is -6.26. The minimum Gasteiger partial charge on any atom is -0.491 e. The van der Waals surface area contributed by atoms with Crippen molar-refractivity contribution in [2.45, 2.75) is 198 Å². The number of amides is 6. The predicted molar refractivity (Wildman–Crippen MR) is 273 cm³/mol. The van der Waals surface area contributed by atoms with Crippen molar-refractivity contribution in [2.24, 2.45) is 5.92 Å². The Kier molecular flexibility index (Phi) is 19.3. The van der Waals surface area contributed by atoms with Crippen LogP contribution >= 0.6 is 0 Å². The van der Waals surface area contributed by atoms with Crippen molar-refractivity contribution in [2.75, 3.05) is 33.3 Å². The zero-order valence-electron chi connectivity index (χ0n) is 46.8. The topological polar surface area (TPSA) is 355 Å². The third-order valence-corrected chi connectivity index (χ3v) is 12.6. The van der Waals surface area contributed by atoms with Gasteiger partial charge in [0.1, 0.15) is 58.7 Å². The number of aliphatic hydroxyl groups is 4. The number of hydrogen-bond donors (Lipinski definition) is 8. The quantitative estimate of drug-likeness (QED) is 0.0798. The highest BCUT2D eigenvalue weighted by atomic mass is 16.7. The van der Waals surface area contributed by atoms with Crippen LogP contribution in [0.4, 0.5) is 29.7 Å². The van der Waals surface area contributed by atoms with Gasteiger partial charge >= 0.3 is 30.5 Å². The molecule has 8 N–H and O–H groups in total. The molecule has 4 aliphatic rings. The number of carbonyl (C=O) groups is 6. The first-order chi connectivity index (χ1) is 35.7. The normalized spacial score (nSPS) is 28.2. The first-order valence-corrected chi connectivity index (χ1v) is 25.6. The number of nitro groups is 1. The van der Waals surface area contributed by atoms with Crippen LogP contribution in [0.3, 0.4) is 0 Å². The maximum Gasteiger partial charge on any atom is 0.410 e. The Morgan fingerprint density at radius 2 is 1.33 bits per heavy atom. The van der Waals surface area contributed by atoms with Gasteiger partial charge in [0.2, 0.25) is 0 Å². The molecular formula is C51H79N7O20. The van der Waals surface area contributed by atoms with E-state index in [0.29, 0.717) is 5.56 Å². The maximum atomic E-state index is 14.3. The molecule has 1 aromatic rings. The summed E-state index contributed by atoms with van der Waals surface area (Å²) < 4.78 is 46.5. The number of hydrogen-bond acceptors (Lipinski definition) is 20. The minimum atomic E-state index is -2.21. The molecule has 27 nitrogen and oxygen atoms in total. The van der Waals surface area contributed by atoms with Crippen molar-refractivity contribution in [3.8, 4) is 0 Å². The number of ether oxygens (including phenoxy) is 8. The summed E-state index contributed by atoms with van der Waals surface area (Å²) in [5, 5.41) is 70.2. The Morgan fingerprint density at radius 1 is 0.782 bits per heavy atom. The van der Waals surface area contributed by atoms with E-state index in [2.05, 4.69) is 21.3 Å². The highest BCUT2D eigenvalue weighted by Crippen LogP contribution is 2.39. The van der Waals surface area contributed by atoms with Crippen molar-refractivity contribution in [1.82, 2.24) is 31.1 Å². The monoisotopic (exact) mass is 1110 g/mol. The molecule has 6 amide bonds. The zero-order chi connectivity index (χ0) is 58.7. The van der Waals surface area contributed by atoms with Gasteiger partial charge in [0.25, 0.3) is 11.6 Å². The summed E-state index contributed by atoms with van der Waals surface area (Å²) in [5.74, 6) is -2.34. The molecule has 2 saturated heterocycles. The summed E-state index contributed by atoms with van der Waals surface area (Å²) in [6, 6.07) is 0.0855. The van der Waals surface area contributed by atoms with Gasteiger partial charge in [-0.25, -0.2) is 24.0 Å². The highest BCUT2D eigenvalue weighted by Gasteiger charge is 2.58. The number of carbonyl (C=O) groups excluding carboxylic acids is 6. The molecule has 11 atom stereocenters. The smallest absolute Gasteiger partial charge is 0.410 e. The molecular weight excluding hydrogens is 1030 g/mol. The number of nitro benzene ring substituents is 1. The average Bonchev–Trinajstić information content (AvgIpc) is 3.26. The van der Waals surface area contributed by atoms with Gasteiger partial charge in [-0.2, -0.15) is 0 Å². The van der Waals surface area contributed by atoms with E-state index in [1.165, 1.54) is 38.2 Å². The molecule has 0 bridgehead atoms. The van der Waals surface area contributed by atoms with E-state index < -0.39 is 155 Å². The number of benzene rings is 1. The lowest BCUT2D eigenvalue weighted by Gasteiger charge is -2.52. The lowest BCUT2D eigenvalue weighted by atomic mass is 9.72. The van der Waals surface area contributed by atoms with Crippen LogP contribution in [0.15, 0.2) is 36.1 Å². The van der Waals surface area contributed by atoms with E-state index >= 15 is 0 Å². The average molecular weight is 1110 g/mol. The summed E-state index contributed by atoms with van der Waals surface area (Å²) in [5.41, 5.74) is -7.77. The third kappa shape index (κ3) is 17.1. The number of β-amino-alcohol motifs (C(OH)–C–C–N with tert-alkyl or cyclic N) is 1. The van der Waals surface area contributed by atoms with E-state index in [4.69, 9.17) is 37.9 Å². The Balaban J connectivity index is 1.54. The molecule has 438 valence electrons. The predicted octanol–water partition coefficient (Wildman–Crippen LogP) is 3.22. The van der Waals surface area contributed by atoms with Gasteiger partial charge in [0.15, 0.2) is 11.9 Å². The fourth-order valence-corrected chi connectivity index (χ4v) is 9.25. The van der Waals surface area contributed by atoms with Gasteiger partial charge < -0.3 is 89.4 Å². The highest BCUT2D eigenvalue weighted by molar-refractivity contribution is 5.89. The fourth-order valence-electron chi connectivity index (χ4n) is 9.25. The largest absolute Gasteiger partial charge is 0.491 e. The second-order valence-electron chi connectivity index (χ2n) is 24.3. The molecule has 1 aliphatic carbocycles. The van der Waals surface area contributed by atoms with Crippen LogP contribution in [0.1, 0.15) is 108 Å². The Bertz CT molecular complexity index is 2370. The van der Waals surface area contributed by atoms with Gasteiger partial charge in [0.05, 0.1) is 55.4 Å². The molecule has 0 aromatic heterocycles. The molecule has 0 spiro atoms. The van der Waals surface area contributed by atoms with Crippen molar-refractivity contribution < 1.29 is 92.0 Å². The summed E-state index contributed by atoms with van der Waals surface area (Å²) in [7, 11) is 1.29. The van der Waals surface area contributed by atoms with Crippen LogP contribution in [-0.4, -0.2) is 193 Å². The molecule has 78 heavy (non-hydrogen) atoms. The van der Waals surface area contributed by atoms with Gasteiger partial charge in [-0.15, -0.1) is 0 Å². The van der Waals surface area contributed by atoms with E-state index in [1.807, 2.05) is 0 Å². The van der Waals surface area contributed by atoms with E-state index in [0.717, 1.165) is 9.80 Å². The van der Waals surface area contributed by atoms with Gasteiger partial charge in [-0.05, 0) is 127 Å². The van der Waals surface area contributed by atoms with Crippen LogP contribution in [0.5, 0.6) is 0 Å². The van der Waals surface area contributed by atoms with Crippen LogP contribution in [0, 0.1) is 16.0 Å². The second-order valence-corrected chi connectivity index (χ2v) is 24.3. The molecule has 1 unspecified atom stereocenters. The number of non-ortho nitro benzene ring substituents is 1. The first-order valence-electron chi connectivity index (χ1n) is 25.6. The lowest BCUT2D eigenvalue weighted by molar-refractivity contribution is -0.384. The maximum absolute atomic E-state index is 14.3. The molecule has 3 heterocycles. The van der Waals surface area contributed by atoms with Gasteiger partial charge in [-0.1, -0.05) is 0 Å². The molecule has 27 heteroatoms. The number of nitrogens with zero attached hydrogens (tertiary/aromatic N) is 3. The van der Waals surface area contributed by atoms with Crippen LogP contribution in [0.25, 0.3) is 0 Å². The van der Waals surface area contributed by atoms with Crippen LogP contribution in [0.2, 0.25) is 0 Å². The molecule has 5 rings (SSSR count). The molecule has 0 radical (unpaired) electrons. The molecule has 3 aliphatic heterocycles. The van der Waals surface area contributed by atoms with Gasteiger partial charge in [0, 0.05) is 31.1 Å². The molecule has 3 fully saturated rings. The number of nitrogens with one attached hydrogen (secondary N) is 4. The summed E-state index contributed by atoms with van der Waals surface area (Å²) in [6.45, 7) is 18.7. The fraction of sp³-hybridized carbons (Fsp3) is 0.725. The number of alkyl carbamates (subject to hydrolysis) is 3. The van der Waals surface area contributed by atoms with Crippen LogP contribution in [-0.2, 0) is 49.3 Å². The number of likely N-dealkylation sites (tertiary alicyclic amines) is 1. The first kappa shape index (κ1) is 62.6. The third-order valence-electron chi connectivity index (χ3n) is 12.6. The minimum absolute atomic E-state index is 0.0355. The summed E-state index contributed by atoms with van der Waals surface area (Å²) in [6.07, 6.45) is -12.1. The Morgan fingerprint density at radius 3 is 1.87 bits per heavy atom. The van der Waals surface area contributed by atoms with E-state index in [-0.39, 0.29) is 37.4 Å². The number of likely N-dealkylation sites (N-methyl/N-ethyl adjacent to an activating group) is 1. The van der Waals surface area contributed by atoms with E-state index in [9.17, 15) is 59.3 Å². The number of aliphatic hydroxyl groups excluding tert-OH is 2. The number of rotatable bonds is 13. The Labute approximate surface area is 453 Å². The van der Waals surface area contributed by atoms with Gasteiger partial charge in [-0.3, -0.25) is 14.9 Å². The molecule has 1 aromatic carbocycles. The zero-order valence-corrected chi connectivity index (χ0v) is 46.8.